The number of carboxylic acid groups (broad SMARTS) is 1. The molecule has 0 radical (unpaired) electrons. The van der Waals surface area contributed by atoms with Gasteiger partial charge in [0.15, 0.2) is 5.78 Å². The number of rotatable bonds is 2. The third kappa shape index (κ3) is 2.14. The van der Waals surface area contributed by atoms with E-state index in [0.29, 0.717) is 5.57 Å². The van der Waals surface area contributed by atoms with Gasteiger partial charge in [0.25, 0.3) is 0 Å². The van der Waals surface area contributed by atoms with E-state index in [0.717, 1.165) is 0 Å². The highest BCUT2D eigenvalue weighted by atomic mass is 16.5. The Morgan fingerprint density at radius 3 is 2.60 bits per heavy atom. The Kier molecular flexibility index (Phi) is 3.50. The third-order valence-corrected chi connectivity index (χ3v) is 3.29. The molecule has 0 fully saturated rings. The summed E-state index contributed by atoms with van der Waals surface area (Å²) in [6.45, 7) is 1.53. The fraction of sp³-hybridized carbons (Fsp3) is 0.286. The minimum atomic E-state index is -1.37. The number of carbonyl (C=O) groups excluding carboxylic acids is 1. The lowest BCUT2D eigenvalue weighted by Gasteiger charge is -2.12. The van der Waals surface area contributed by atoms with Gasteiger partial charge in [-0.15, -0.1) is 0 Å². The maximum atomic E-state index is 12.1. The van der Waals surface area contributed by atoms with Crippen molar-refractivity contribution in [2.75, 3.05) is 7.11 Å². The van der Waals surface area contributed by atoms with Gasteiger partial charge < -0.3 is 20.1 Å². The van der Waals surface area contributed by atoms with Crippen LogP contribution in [0.1, 0.15) is 29.3 Å². The Bertz CT molecular complexity index is 629. The lowest BCUT2D eigenvalue weighted by Crippen LogP contribution is -2.20. The molecule has 0 saturated carbocycles. The molecule has 0 spiro atoms. The number of Topliss-reactive ketones (excluding diaryl/α,β-unsaturated/α-hetero) is 1. The number of fused-ring (bicyclic) bond motifs is 1. The van der Waals surface area contributed by atoms with Crippen molar-refractivity contribution in [2.45, 2.75) is 19.4 Å². The first kappa shape index (κ1) is 14.1. The second-order valence-corrected chi connectivity index (χ2v) is 4.61. The number of carboxylic acids is 1. The van der Waals surface area contributed by atoms with Crippen molar-refractivity contribution in [3.8, 4) is 11.5 Å². The van der Waals surface area contributed by atoms with E-state index < -0.39 is 23.6 Å². The smallest absolute Gasteiger partial charge is 0.336 e. The zero-order chi connectivity index (χ0) is 15.0. The van der Waals surface area contributed by atoms with Gasteiger partial charge in [-0.1, -0.05) is 5.57 Å². The van der Waals surface area contributed by atoms with Crippen LogP contribution in [0.2, 0.25) is 0 Å². The normalized spacial score (nSPS) is 18.6. The van der Waals surface area contributed by atoms with Crippen molar-refractivity contribution < 1.29 is 29.6 Å². The van der Waals surface area contributed by atoms with Crippen LogP contribution in [-0.4, -0.2) is 40.3 Å². The molecule has 1 atom stereocenters. The van der Waals surface area contributed by atoms with Crippen LogP contribution in [0.25, 0.3) is 5.57 Å². The molecule has 0 heterocycles. The Hall–Kier alpha value is -2.34. The first-order valence-electron chi connectivity index (χ1n) is 5.93. The predicted molar refractivity (Wildman–Crippen MR) is 69.8 cm³/mol. The number of aromatic hydroxyl groups is 1. The number of phenols is 1. The number of aliphatic hydroxyl groups excluding tert-OH is 1. The summed E-state index contributed by atoms with van der Waals surface area (Å²) in [7, 11) is 1.37. The number of aliphatic carboxylic acids is 1. The lowest BCUT2D eigenvalue weighted by molar-refractivity contribution is -0.130. The fourth-order valence-corrected chi connectivity index (χ4v) is 2.35. The summed E-state index contributed by atoms with van der Waals surface area (Å²) in [5.74, 6) is -2.09. The van der Waals surface area contributed by atoms with Gasteiger partial charge >= 0.3 is 5.97 Å². The van der Waals surface area contributed by atoms with Crippen LogP contribution in [-0.2, 0) is 4.79 Å². The number of carbonyl (C=O) groups is 2. The molecule has 1 aromatic carbocycles. The molecule has 3 N–H and O–H groups in total. The molecule has 6 heteroatoms. The Morgan fingerprint density at radius 1 is 1.40 bits per heavy atom. The molecule has 20 heavy (non-hydrogen) atoms. The zero-order valence-corrected chi connectivity index (χ0v) is 11.0. The number of phenolic OH excluding ortho intramolecular Hbond substituents is 1. The maximum absolute atomic E-state index is 12.1. The van der Waals surface area contributed by atoms with Gasteiger partial charge in [0, 0.05) is 18.1 Å². The van der Waals surface area contributed by atoms with Crippen molar-refractivity contribution >= 4 is 17.3 Å². The molecular formula is C14H14O6. The number of ketones is 1. The van der Waals surface area contributed by atoms with Crippen LogP contribution < -0.4 is 4.74 Å². The summed E-state index contributed by atoms with van der Waals surface area (Å²) in [5.41, 5.74) is 0.143. The van der Waals surface area contributed by atoms with E-state index in [-0.39, 0.29) is 28.9 Å². The van der Waals surface area contributed by atoms with Gasteiger partial charge in [0.1, 0.15) is 17.6 Å². The standard InChI is InChI=1S/C14H14O6/c1-6-3-10(16)13(17)12-8(11(6)14(18)19)4-7(20-2)5-9(12)15/h4-5,10,15-16H,3H2,1-2H3,(H,18,19). The van der Waals surface area contributed by atoms with E-state index in [2.05, 4.69) is 0 Å². The number of methoxy groups -OCH3 is 1. The first-order chi connectivity index (χ1) is 9.36. The van der Waals surface area contributed by atoms with Crippen molar-refractivity contribution in [2.24, 2.45) is 0 Å². The van der Waals surface area contributed by atoms with Crippen molar-refractivity contribution in [3.05, 3.63) is 28.8 Å². The molecule has 1 unspecified atom stereocenters. The Labute approximate surface area is 114 Å². The molecular weight excluding hydrogens is 264 g/mol. The van der Waals surface area contributed by atoms with Crippen LogP contribution in [0.5, 0.6) is 11.5 Å². The van der Waals surface area contributed by atoms with Crippen molar-refractivity contribution in [1.82, 2.24) is 0 Å². The molecule has 0 aromatic heterocycles. The summed E-state index contributed by atoms with van der Waals surface area (Å²) < 4.78 is 4.98. The number of ether oxygens (including phenoxy) is 1. The fourth-order valence-electron chi connectivity index (χ4n) is 2.35. The maximum Gasteiger partial charge on any atom is 0.336 e. The van der Waals surface area contributed by atoms with E-state index in [1.54, 1.807) is 0 Å². The highest BCUT2D eigenvalue weighted by Gasteiger charge is 2.32. The molecule has 106 valence electrons. The average Bonchev–Trinajstić information content (AvgIpc) is 2.45. The average molecular weight is 278 g/mol. The second-order valence-electron chi connectivity index (χ2n) is 4.61. The van der Waals surface area contributed by atoms with Gasteiger partial charge in [-0.3, -0.25) is 4.79 Å². The van der Waals surface area contributed by atoms with Gasteiger partial charge in [0.05, 0.1) is 18.2 Å². The summed E-state index contributed by atoms with van der Waals surface area (Å²) in [6.07, 6.45) is -1.46. The number of hydrogen-bond acceptors (Lipinski definition) is 5. The van der Waals surface area contributed by atoms with Crippen LogP contribution >= 0.6 is 0 Å². The van der Waals surface area contributed by atoms with E-state index in [1.807, 2.05) is 0 Å². The van der Waals surface area contributed by atoms with Crippen LogP contribution in [0, 0.1) is 0 Å². The molecule has 6 nitrogen and oxygen atoms in total. The summed E-state index contributed by atoms with van der Waals surface area (Å²) in [6, 6.07) is 2.58. The summed E-state index contributed by atoms with van der Waals surface area (Å²) in [4.78, 5) is 23.5. The van der Waals surface area contributed by atoms with E-state index >= 15 is 0 Å². The summed E-state index contributed by atoms with van der Waals surface area (Å²) in [5, 5.41) is 29.1. The third-order valence-electron chi connectivity index (χ3n) is 3.29. The highest BCUT2D eigenvalue weighted by molar-refractivity contribution is 6.21. The zero-order valence-electron chi connectivity index (χ0n) is 11.0. The number of benzene rings is 1. The van der Waals surface area contributed by atoms with E-state index in [9.17, 15) is 24.9 Å². The van der Waals surface area contributed by atoms with Gasteiger partial charge in [0.2, 0.25) is 0 Å². The number of aliphatic hydroxyl groups is 1. The SMILES string of the molecule is COc1cc(O)c2c(c1)C(C(=O)O)=C(C)CC(O)C2=O. The molecule has 1 aliphatic rings. The molecule has 1 aliphatic carbocycles. The van der Waals surface area contributed by atoms with Gasteiger partial charge in [-0.25, -0.2) is 4.79 Å². The first-order valence-corrected chi connectivity index (χ1v) is 5.93. The lowest BCUT2D eigenvalue weighted by atomic mass is 9.95. The number of hydrogen-bond donors (Lipinski definition) is 3. The molecule has 2 rings (SSSR count). The van der Waals surface area contributed by atoms with Crippen LogP contribution in [0.4, 0.5) is 0 Å². The molecule has 0 saturated heterocycles. The largest absolute Gasteiger partial charge is 0.507 e. The highest BCUT2D eigenvalue weighted by Crippen LogP contribution is 2.38. The quantitative estimate of drug-likeness (QED) is 0.751. The Morgan fingerprint density at radius 2 is 2.05 bits per heavy atom. The van der Waals surface area contributed by atoms with Crippen molar-refractivity contribution in [1.29, 1.82) is 0 Å². The second kappa shape index (κ2) is 4.97. The molecule has 0 bridgehead atoms. The minimum Gasteiger partial charge on any atom is -0.507 e. The monoisotopic (exact) mass is 278 g/mol. The Balaban J connectivity index is 2.84. The van der Waals surface area contributed by atoms with Crippen molar-refractivity contribution in [3.63, 3.8) is 0 Å². The van der Waals surface area contributed by atoms with E-state index in [4.69, 9.17) is 4.74 Å². The van der Waals surface area contributed by atoms with E-state index in [1.165, 1.54) is 26.2 Å². The topological polar surface area (TPSA) is 104 Å². The predicted octanol–water partition coefficient (Wildman–Crippen LogP) is 1.21. The molecule has 1 aromatic rings. The molecule has 0 amide bonds. The summed E-state index contributed by atoms with van der Waals surface area (Å²) >= 11 is 0. The minimum absolute atomic E-state index is 0.0633. The van der Waals surface area contributed by atoms with Gasteiger partial charge in [-0.05, 0) is 13.0 Å². The van der Waals surface area contributed by atoms with Crippen LogP contribution in [0.15, 0.2) is 17.7 Å². The van der Waals surface area contributed by atoms with Gasteiger partial charge in [-0.2, -0.15) is 0 Å². The van der Waals surface area contributed by atoms with Crippen LogP contribution in [0.3, 0.4) is 0 Å². The molecule has 0 aliphatic heterocycles.